The highest BCUT2D eigenvalue weighted by Gasteiger charge is 2.09. The Morgan fingerprint density at radius 1 is 1.54 bits per heavy atom. The summed E-state index contributed by atoms with van der Waals surface area (Å²) in [5.41, 5.74) is 0.749. The van der Waals surface area contributed by atoms with Gasteiger partial charge in [-0.05, 0) is 12.1 Å². The van der Waals surface area contributed by atoms with E-state index in [2.05, 4.69) is 4.98 Å². The second kappa shape index (κ2) is 2.92. The lowest BCUT2D eigenvalue weighted by molar-refractivity contribution is 0.443. The summed E-state index contributed by atoms with van der Waals surface area (Å²) < 4.78 is 1.66. The molecule has 2 heterocycles. The van der Waals surface area contributed by atoms with Crippen molar-refractivity contribution in [2.24, 2.45) is 0 Å². The molecule has 13 heavy (non-hydrogen) atoms. The maximum absolute atomic E-state index is 9.56. The molecule has 0 aliphatic heterocycles. The van der Waals surface area contributed by atoms with Gasteiger partial charge in [0.15, 0.2) is 11.0 Å². The van der Waals surface area contributed by atoms with Crippen LogP contribution in [0.5, 0.6) is 5.88 Å². The van der Waals surface area contributed by atoms with E-state index in [0.717, 1.165) is 17.8 Å². The van der Waals surface area contributed by atoms with Crippen molar-refractivity contribution in [1.82, 2.24) is 9.38 Å². The van der Waals surface area contributed by atoms with Crippen LogP contribution in [0.2, 0.25) is 5.15 Å². The molecule has 0 aliphatic carbocycles. The van der Waals surface area contributed by atoms with Crippen molar-refractivity contribution < 1.29 is 5.11 Å². The Morgan fingerprint density at radius 2 is 2.31 bits per heavy atom. The van der Waals surface area contributed by atoms with Crippen LogP contribution >= 0.6 is 11.6 Å². The van der Waals surface area contributed by atoms with Gasteiger partial charge in [-0.1, -0.05) is 24.6 Å². The van der Waals surface area contributed by atoms with Gasteiger partial charge in [0.1, 0.15) is 5.82 Å². The molecule has 1 N–H and O–H groups in total. The summed E-state index contributed by atoms with van der Waals surface area (Å²) in [6, 6.07) is 5.19. The van der Waals surface area contributed by atoms with E-state index >= 15 is 0 Å². The molecular weight excluding hydrogens is 188 g/mol. The second-order valence-electron chi connectivity index (χ2n) is 2.78. The minimum absolute atomic E-state index is 0.175. The summed E-state index contributed by atoms with van der Waals surface area (Å²) in [5.74, 6) is 0.951. The number of nitrogens with zero attached hydrogens (tertiary/aromatic N) is 2. The van der Waals surface area contributed by atoms with Gasteiger partial charge in [0.2, 0.25) is 0 Å². The third kappa shape index (κ3) is 1.16. The van der Waals surface area contributed by atoms with Crippen molar-refractivity contribution in [3.63, 3.8) is 0 Å². The number of fused-ring (bicyclic) bond motifs is 1. The molecule has 68 valence electrons. The lowest BCUT2D eigenvalue weighted by Gasteiger charge is -2.00. The Morgan fingerprint density at radius 3 is 3.00 bits per heavy atom. The van der Waals surface area contributed by atoms with Gasteiger partial charge >= 0.3 is 0 Å². The third-order valence-corrected chi connectivity index (χ3v) is 2.26. The largest absolute Gasteiger partial charge is 0.494 e. The van der Waals surface area contributed by atoms with Crippen LogP contribution in [0.3, 0.4) is 0 Å². The predicted molar refractivity (Wildman–Crippen MR) is 51.2 cm³/mol. The molecule has 0 unspecified atom stereocenters. The molecule has 2 rings (SSSR count). The molecule has 0 fully saturated rings. The number of hydrogen-bond donors (Lipinski definition) is 1. The second-order valence-corrected chi connectivity index (χ2v) is 3.14. The summed E-state index contributed by atoms with van der Waals surface area (Å²) in [7, 11) is 0. The van der Waals surface area contributed by atoms with Crippen LogP contribution in [0.25, 0.3) is 5.52 Å². The van der Waals surface area contributed by atoms with Crippen molar-refractivity contribution in [2.45, 2.75) is 13.3 Å². The number of halogens is 1. The van der Waals surface area contributed by atoms with Crippen LogP contribution in [0.4, 0.5) is 0 Å². The quantitative estimate of drug-likeness (QED) is 0.760. The van der Waals surface area contributed by atoms with Gasteiger partial charge in [-0.2, -0.15) is 0 Å². The van der Waals surface area contributed by atoms with E-state index in [0.29, 0.717) is 5.15 Å². The fraction of sp³-hybridized carbons (Fsp3) is 0.222. The predicted octanol–water partition coefficient (Wildman–Crippen LogP) is 2.26. The van der Waals surface area contributed by atoms with Crippen LogP contribution in [-0.4, -0.2) is 14.5 Å². The van der Waals surface area contributed by atoms with Gasteiger partial charge in [0.05, 0.1) is 5.52 Å². The van der Waals surface area contributed by atoms with Crippen LogP contribution in [0, 0.1) is 0 Å². The van der Waals surface area contributed by atoms with E-state index in [-0.39, 0.29) is 5.88 Å². The molecule has 3 nitrogen and oxygen atoms in total. The van der Waals surface area contributed by atoms with Crippen LogP contribution < -0.4 is 0 Å². The van der Waals surface area contributed by atoms with Crippen molar-refractivity contribution in [3.05, 3.63) is 29.2 Å². The van der Waals surface area contributed by atoms with E-state index in [1.165, 1.54) is 0 Å². The summed E-state index contributed by atoms with van der Waals surface area (Å²) >= 11 is 5.89. The number of rotatable bonds is 1. The van der Waals surface area contributed by atoms with Gasteiger partial charge in [-0.3, -0.25) is 4.40 Å². The topological polar surface area (TPSA) is 37.5 Å². The van der Waals surface area contributed by atoms with Crippen molar-refractivity contribution in [3.8, 4) is 5.88 Å². The number of aryl methyl sites for hydroxylation is 1. The third-order valence-electron chi connectivity index (χ3n) is 1.98. The maximum Gasteiger partial charge on any atom is 0.197 e. The van der Waals surface area contributed by atoms with Gasteiger partial charge in [-0.15, -0.1) is 0 Å². The average Bonchev–Trinajstić information content (AvgIpc) is 2.45. The fourth-order valence-corrected chi connectivity index (χ4v) is 1.63. The Bertz CT molecular complexity index is 450. The smallest absolute Gasteiger partial charge is 0.197 e. The van der Waals surface area contributed by atoms with E-state index in [1.807, 2.05) is 13.0 Å². The Hall–Kier alpha value is -1.22. The van der Waals surface area contributed by atoms with Crippen LogP contribution in [0.1, 0.15) is 12.7 Å². The number of aromatic hydroxyl groups is 1. The lowest BCUT2D eigenvalue weighted by Crippen LogP contribution is -1.92. The molecule has 2 aromatic rings. The van der Waals surface area contributed by atoms with E-state index in [4.69, 9.17) is 11.6 Å². The first-order chi connectivity index (χ1) is 6.24. The van der Waals surface area contributed by atoms with Crippen molar-refractivity contribution >= 4 is 17.1 Å². The number of aromatic nitrogens is 2. The average molecular weight is 197 g/mol. The zero-order valence-corrected chi connectivity index (χ0v) is 7.91. The van der Waals surface area contributed by atoms with E-state index < -0.39 is 0 Å². The highest BCUT2D eigenvalue weighted by atomic mass is 35.5. The number of pyridine rings is 1. The number of hydrogen-bond acceptors (Lipinski definition) is 2. The zero-order valence-electron chi connectivity index (χ0n) is 7.16. The lowest BCUT2D eigenvalue weighted by atomic mass is 10.4. The van der Waals surface area contributed by atoms with Crippen molar-refractivity contribution in [2.75, 3.05) is 0 Å². The molecular formula is C9H9ClN2O. The molecule has 0 bridgehead atoms. The maximum atomic E-state index is 9.56. The highest BCUT2D eigenvalue weighted by molar-refractivity contribution is 6.32. The van der Waals surface area contributed by atoms with Gasteiger partial charge in [-0.25, -0.2) is 4.98 Å². The standard InChI is InChI=1S/C9H9ClN2O/c1-2-7-11-9(10)6-4-3-5-8(13)12(6)7/h3-5,13H,2H2,1H3. The minimum Gasteiger partial charge on any atom is -0.494 e. The summed E-state index contributed by atoms with van der Waals surface area (Å²) in [6.07, 6.45) is 0.742. The first-order valence-electron chi connectivity index (χ1n) is 4.09. The summed E-state index contributed by atoms with van der Waals surface area (Å²) in [4.78, 5) is 4.14. The van der Waals surface area contributed by atoms with Gasteiger partial charge in [0, 0.05) is 6.42 Å². The van der Waals surface area contributed by atoms with Crippen molar-refractivity contribution in [1.29, 1.82) is 0 Å². The molecule has 4 heteroatoms. The summed E-state index contributed by atoms with van der Waals surface area (Å²) in [6.45, 7) is 1.97. The van der Waals surface area contributed by atoms with Crippen LogP contribution in [-0.2, 0) is 6.42 Å². The molecule has 0 aromatic carbocycles. The Labute approximate surface area is 80.6 Å². The highest BCUT2D eigenvalue weighted by Crippen LogP contribution is 2.23. The van der Waals surface area contributed by atoms with Gasteiger partial charge in [0.25, 0.3) is 0 Å². The number of imidazole rings is 1. The van der Waals surface area contributed by atoms with E-state index in [1.54, 1.807) is 16.5 Å². The minimum atomic E-state index is 0.175. The molecule has 0 atom stereocenters. The Kier molecular flexibility index (Phi) is 1.88. The Balaban J connectivity index is 2.89. The SMILES string of the molecule is CCc1nc(Cl)c2cccc(O)n12. The first-order valence-corrected chi connectivity index (χ1v) is 4.46. The molecule has 0 radical (unpaired) electrons. The monoisotopic (exact) mass is 196 g/mol. The fourth-order valence-electron chi connectivity index (χ4n) is 1.39. The molecule has 0 saturated heterocycles. The van der Waals surface area contributed by atoms with Gasteiger partial charge < -0.3 is 5.11 Å². The molecule has 2 aromatic heterocycles. The molecule has 0 saturated carbocycles. The van der Waals surface area contributed by atoms with Crippen LogP contribution in [0.15, 0.2) is 18.2 Å². The molecule has 0 aliphatic rings. The molecule has 0 amide bonds. The summed E-state index contributed by atoms with van der Waals surface area (Å²) in [5, 5.41) is 10.00. The van der Waals surface area contributed by atoms with E-state index in [9.17, 15) is 5.11 Å². The molecule has 0 spiro atoms. The zero-order chi connectivity index (χ0) is 9.42. The first kappa shape index (κ1) is 8.38. The normalized spacial score (nSPS) is 10.9.